The summed E-state index contributed by atoms with van der Waals surface area (Å²) in [5.41, 5.74) is 0. The molecule has 0 aromatic heterocycles. The van der Waals surface area contributed by atoms with Crippen LogP contribution >= 0.6 is 0 Å². The average Bonchev–Trinajstić information content (AvgIpc) is 2.98. The lowest BCUT2D eigenvalue weighted by Gasteiger charge is -2.21. The molecule has 0 saturated carbocycles. The number of guanidine groups is 1. The van der Waals surface area contributed by atoms with Crippen molar-refractivity contribution >= 4 is 11.9 Å². The lowest BCUT2D eigenvalue weighted by atomic mass is 9.99. The Morgan fingerprint density at radius 3 is 2.92 bits per heavy atom. The van der Waals surface area contributed by atoms with Crippen molar-refractivity contribution in [1.29, 1.82) is 0 Å². The quantitative estimate of drug-likeness (QED) is 0.367. The standard InChI is InChI=1S/C18H26FN3O3/c1-4-20-18(22-11-13(2)16(12-22)17(23)24-3)21-8-9-25-15-7-5-6-14(19)10-15/h5-7,10,13,16H,4,8-9,11-12H2,1-3H3,(H,20,21). The molecule has 2 unspecified atom stereocenters. The first-order valence-corrected chi connectivity index (χ1v) is 8.54. The van der Waals surface area contributed by atoms with Gasteiger partial charge in [-0.1, -0.05) is 13.0 Å². The van der Waals surface area contributed by atoms with Gasteiger partial charge in [-0.15, -0.1) is 0 Å². The van der Waals surface area contributed by atoms with Gasteiger partial charge in [-0.25, -0.2) is 9.38 Å². The molecule has 0 radical (unpaired) electrons. The molecule has 1 fully saturated rings. The second-order valence-corrected chi connectivity index (χ2v) is 6.05. The van der Waals surface area contributed by atoms with Gasteiger partial charge in [-0.2, -0.15) is 0 Å². The van der Waals surface area contributed by atoms with Crippen LogP contribution in [0.3, 0.4) is 0 Å². The van der Waals surface area contributed by atoms with E-state index in [1.807, 2.05) is 13.8 Å². The van der Waals surface area contributed by atoms with Gasteiger partial charge in [-0.05, 0) is 25.0 Å². The van der Waals surface area contributed by atoms with Crippen LogP contribution in [-0.4, -0.2) is 56.7 Å². The van der Waals surface area contributed by atoms with E-state index in [9.17, 15) is 9.18 Å². The third-order valence-electron chi connectivity index (χ3n) is 4.17. The van der Waals surface area contributed by atoms with E-state index < -0.39 is 0 Å². The molecule has 0 spiro atoms. The molecule has 1 heterocycles. The Morgan fingerprint density at radius 2 is 2.24 bits per heavy atom. The molecule has 1 aliphatic rings. The van der Waals surface area contributed by atoms with Gasteiger partial charge in [-0.3, -0.25) is 4.79 Å². The summed E-state index contributed by atoms with van der Waals surface area (Å²) in [5.74, 6) is 0.802. The van der Waals surface area contributed by atoms with Crippen LogP contribution in [0.1, 0.15) is 13.8 Å². The summed E-state index contributed by atoms with van der Waals surface area (Å²) in [6, 6.07) is 6.04. The van der Waals surface area contributed by atoms with E-state index in [0.29, 0.717) is 25.4 Å². The molecule has 0 bridgehead atoms. The first-order chi connectivity index (χ1) is 12.0. The Labute approximate surface area is 148 Å². The largest absolute Gasteiger partial charge is 0.492 e. The molecule has 7 heteroatoms. The summed E-state index contributed by atoms with van der Waals surface area (Å²) in [4.78, 5) is 18.5. The minimum atomic E-state index is -0.325. The van der Waals surface area contributed by atoms with Gasteiger partial charge in [0.2, 0.25) is 0 Å². The van der Waals surface area contributed by atoms with Crippen LogP contribution in [0.5, 0.6) is 5.75 Å². The number of hydrogen-bond acceptors (Lipinski definition) is 4. The Balaban J connectivity index is 1.91. The molecule has 0 aliphatic carbocycles. The number of ether oxygens (including phenoxy) is 2. The minimum absolute atomic E-state index is 0.141. The number of rotatable bonds is 6. The van der Waals surface area contributed by atoms with Gasteiger partial charge in [0.15, 0.2) is 5.96 Å². The average molecular weight is 351 g/mol. The zero-order chi connectivity index (χ0) is 18.2. The van der Waals surface area contributed by atoms with Crippen molar-refractivity contribution in [2.75, 3.05) is 39.9 Å². The van der Waals surface area contributed by atoms with E-state index in [1.165, 1.54) is 19.2 Å². The van der Waals surface area contributed by atoms with Crippen molar-refractivity contribution in [1.82, 2.24) is 10.2 Å². The van der Waals surface area contributed by atoms with Crippen LogP contribution in [-0.2, 0) is 9.53 Å². The maximum absolute atomic E-state index is 13.1. The number of likely N-dealkylation sites (tertiary alicyclic amines) is 1. The Hall–Kier alpha value is -2.31. The molecule has 2 atom stereocenters. The van der Waals surface area contributed by atoms with E-state index in [2.05, 4.69) is 15.2 Å². The Bertz CT molecular complexity index is 609. The van der Waals surface area contributed by atoms with Crippen LogP contribution in [0.2, 0.25) is 0 Å². The zero-order valence-corrected chi connectivity index (χ0v) is 15.0. The lowest BCUT2D eigenvalue weighted by Crippen LogP contribution is -2.41. The fraction of sp³-hybridized carbons (Fsp3) is 0.556. The summed E-state index contributed by atoms with van der Waals surface area (Å²) in [6.07, 6.45) is 0. The second-order valence-electron chi connectivity index (χ2n) is 6.05. The molecule has 1 aromatic carbocycles. The first-order valence-electron chi connectivity index (χ1n) is 8.54. The third kappa shape index (κ3) is 5.34. The predicted molar refractivity (Wildman–Crippen MR) is 94.1 cm³/mol. The Morgan fingerprint density at radius 1 is 1.44 bits per heavy atom. The molecular weight excluding hydrogens is 325 g/mol. The van der Waals surface area contributed by atoms with Crippen LogP contribution < -0.4 is 10.1 Å². The van der Waals surface area contributed by atoms with Gasteiger partial charge in [0, 0.05) is 25.7 Å². The van der Waals surface area contributed by atoms with Crippen molar-refractivity contribution in [3.05, 3.63) is 30.1 Å². The number of esters is 1. The highest BCUT2D eigenvalue weighted by Gasteiger charge is 2.36. The molecule has 1 aliphatic heterocycles. The number of carbonyl (C=O) groups is 1. The topological polar surface area (TPSA) is 63.2 Å². The first kappa shape index (κ1) is 19.0. The van der Waals surface area contributed by atoms with Crippen LogP contribution in [0, 0.1) is 17.7 Å². The molecule has 6 nitrogen and oxygen atoms in total. The summed E-state index contributed by atoms with van der Waals surface area (Å²) in [6.45, 7) is 6.89. The molecule has 1 aromatic rings. The Kier molecular flexibility index (Phi) is 7.03. The summed E-state index contributed by atoms with van der Waals surface area (Å²) >= 11 is 0. The number of carbonyl (C=O) groups excluding carboxylic acids is 1. The number of halogens is 1. The zero-order valence-electron chi connectivity index (χ0n) is 15.0. The van der Waals surface area contributed by atoms with E-state index in [-0.39, 0.29) is 23.6 Å². The smallest absolute Gasteiger partial charge is 0.310 e. The highest BCUT2D eigenvalue weighted by molar-refractivity contribution is 5.82. The summed E-state index contributed by atoms with van der Waals surface area (Å²) in [5, 5.41) is 3.24. The van der Waals surface area contributed by atoms with E-state index in [0.717, 1.165) is 19.0 Å². The third-order valence-corrected chi connectivity index (χ3v) is 4.17. The van der Waals surface area contributed by atoms with Gasteiger partial charge in [0.05, 0.1) is 19.6 Å². The van der Waals surface area contributed by atoms with Crippen LogP contribution in [0.25, 0.3) is 0 Å². The molecule has 0 amide bonds. The molecule has 138 valence electrons. The monoisotopic (exact) mass is 351 g/mol. The summed E-state index contributed by atoms with van der Waals surface area (Å²) < 4.78 is 23.5. The summed E-state index contributed by atoms with van der Waals surface area (Å²) in [7, 11) is 1.42. The number of hydrogen-bond donors (Lipinski definition) is 1. The number of nitrogens with one attached hydrogen (secondary N) is 1. The van der Waals surface area contributed by atoms with Gasteiger partial charge >= 0.3 is 5.97 Å². The van der Waals surface area contributed by atoms with Gasteiger partial charge in [0.1, 0.15) is 18.2 Å². The van der Waals surface area contributed by atoms with E-state index >= 15 is 0 Å². The number of nitrogens with zero attached hydrogens (tertiary/aromatic N) is 2. The molecule has 25 heavy (non-hydrogen) atoms. The van der Waals surface area contributed by atoms with E-state index in [1.54, 1.807) is 12.1 Å². The predicted octanol–water partition coefficient (Wildman–Crippen LogP) is 1.91. The fourth-order valence-corrected chi connectivity index (χ4v) is 2.90. The highest BCUT2D eigenvalue weighted by atomic mass is 19.1. The van der Waals surface area contributed by atoms with Crippen molar-refractivity contribution in [3.8, 4) is 5.75 Å². The minimum Gasteiger partial charge on any atom is -0.492 e. The van der Waals surface area contributed by atoms with Crippen molar-refractivity contribution in [3.63, 3.8) is 0 Å². The van der Waals surface area contributed by atoms with Crippen molar-refractivity contribution in [2.45, 2.75) is 13.8 Å². The number of aliphatic imine (C=N–C) groups is 1. The van der Waals surface area contributed by atoms with Crippen LogP contribution in [0.15, 0.2) is 29.3 Å². The highest BCUT2D eigenvalue weighted by Crippen LogP contribution is 2.24. The van der Waals surface area contributed by atoms with Crippen LogP contribution in [0.4, 0.5) is 4.39 Å². The van der Waals surface area contributed by atoms with E-state index in [4.69, 9.17) is 9.47 Å². The van der Waals surface area contributed by atoms with Crippen molar-refractivity contribution < 1.29 is 18.7 Å². The number of benzene rings is 1. The maximum atomic E-state index is 13.1. The second kappa shape index (κ2) is 9.25. The normalized spacial score (nSPS) is 20.5. The maximum Gasteiger partial charge on any atom is 0.310 e. The fourth-order valence-electron chi connectivity index (χ4n) is 2.90. The number of methoxy groups -OCH3 is 1. The van der Waals surface area contributed by atoms with Crippen molar-refractivity contribution in [2.24, 2.45) is 16.8 Å². The molecular formula is C18H26FN3O3. The lowest BCUT2D eigenvalue weighted by molar-refractivity contribution is -0.145. The molecule has 2 rings (SSSR count). The SMILES string of the molecule is CCNC(=NCCOc1cccc(F)c1)N1CC(C)C(C(=O)OC)C1. The molecule has 1 N–H and O–H groups in total. The van der Waals surface area contributed by atoms with Gasteiger partial charge in [0.25, 0.3) is 0 Å². The molecule has 1 saturated heterocycles. The van der Waals surface area contributed by atoms with Gasteiger partial charge < -0.3 is 19.7 Å².